The lowest BCUT2D eigenvalue weighted by atomic mass is 9.81. The van der Waals surface area contributed by atoms with E-state index in [0.29, 0.717) is 6.04 Å². The number of nitrogens with one attached hydrogen (secondary N) is 1. The second kappa shape index (κ2) is 6.75. The Labute approximate surface area is 124 Å². The van der Waals surface area contributed by atoms with E-state index < -0.39 is 0 Å². The molecule has 114 valence electrons. The average Bonchev–Trinajstić information content (AvgIpc) is 2.61. The molecule has 1 aliphatic rings. The second-order valence-corrected chi connectivity index (χ2v) is 7.01. The van der Waals surface area contributed by atoms with Crippen molar-refractivity contribution in [3.8, 4) is 0 Å². The van der Waals surface area contributed by atoms with Crippen LogP contribution in [0.25, 0.3) is 0 Å². The monoisotopic (exact) mass is 277 g/mol. The molecule has 2 rings (SSSR count). The van der Waals surface area contributed by atoms with Gasteiger partial charge in [-0.15, -0.1) is 0 Å². The van der Waals surface area contributed by atoms with Crippen molar-refractivity contribution < 1.29 is 0 Å². The van der Waals surface area contributed by atoms with Gasteiger partial charge in [0.25, 0.3) is 0 Å². The zero-order valence-corrected chi connectivity index (χ0v) is 13.9. The maximum absolute atomic E-state index is 4.51. The zero-order chi connectivity index (χ0) is 14.7. The van der Waals surface area contributed by atoms with Crippen LogP contribution in [0.4, 0.5) is 0 Å². The Morgan fingerprint density at radius 2 is 2.05 bits per heavy atom. The molecule has 1 saturated carbocycles. The van der Waals surface area contributed by atoms with Gasteiger partial charge in [0.2, 0.25) is 0 Å². The lowest BCUT2D eigenvalue weighted by Crippen LogP contribution is -2.34. The summed E-state index contributed by atoms with van der Waals surface area (Å²) < 4.78 is 1.99. The SMILES string of the molecule is Cc1nn(C)c(C)c1CNC1CCCC(CC(C)C)C1. The molecule has 3 heteroatoms. The van der Waals surface area contributed by atoms with Crippen LogP contribution in [0.3, 0.4) is 0 Å². The van der Waals surface area contributed by atoms with Gasteiger partial charge in [-0.05, 0) is 44.9 Å². The van der Waals surface area contributed by atoms with E-state index in [1.54, 1.807) is 0 Å². The Balaban J connectivity index is 1.87. The van der Waals surface area contributed by atoms with Crippen LogP contribution in [0.15, 0.2) is 0 Å². The standard InChI is InChI=1S/C17H31N3/c1-12(2)9-15-7-6-8-16(10-15)18-11-17-13(3)19-20(5)14(17)4/h12,15-16,18H,6-11H2,1-5H3. The summed E-state index contributed by atoms with van der Waals surface area (Å²) in [6, 6.07) is 0.700. The normalized spacial score (nSPS) is 23.5. The molecule has 1 aromatic rings. The summed E-state index contributed by atoms with van der Waals surface area (Å²) >= 11 is 0. The number of hydrogen-bond donors (Lipinski definition) is 1. The maximum Gasteiger partial charge on any atom is 0.0641 e. The van der Waals surface area contributed by atoms with E-state index in [-0.39, 0.29) is 0 Å². The Hall–Kier alpha value is -0.830. The van der Waals surface area contributed by atoms with E-state index in [1.165, 1.54) is 49.1 Å². The van der Waals surface area contributed by atoms with Gasteiger partial charge in [0.05, 0.1) is 5.69 Å². The summed E-state index contributed by atoms with van der Waals surface area (Å²) in [5.41, 5.74) is 3.86. The van der Waals surface area contributed by atoms with Crippen molar-refractivity contribution in [2.24, 2.45) is 18.9 Å². The number of hydrogen-bond acceptors (Lipinski definition) is 2. The topological polar surface area (TPSA) is 29.9 Å². The molecule has 0 spiro atoms. The fraction of sp³-hybridized carbons (Fsp3) is 0.824. The Morgan fingerprint density at radius 1 is 1.30 bits per heavy atom. The fourth-order valence-corrected chi connectivity index (χ4v) is 3.68. The number of nitrogens with zero attached hydrogens (tertiary/aromatic N) is 2. The molecule has 1 N–H and O–H groups in total. The van der Waals surface area contributed by atoms with Crippen molar-refractivity contribution in [1.29, 1.82) is 0 Å². The van der Waals surface area contributed by atoms with Crippen LogP contribution in [0, 0.1) is 25.7 Å². The van der Waals surface area contributed by atoms with E-state index in [4.69, 9.17) is 0 Å². The molecule has 1 aliphatic carbocycles. The molecule has 0 amide bonds. The van der Waals surface area contributed by atoms with Crippen molar-refractivity contribution in [3.05, 3.63) is 17.0 Å². The number of aryl methyl sites for hydroxylation is 2. The summed E-state index contributed by atoms with van der Waals surface area (Å²) in [5.74, 6) is 1.76. The van der Waals surface area contributed by atoms with E-state index in [9.17, 15) is 0 Å². The molecule has 1 heterocycles. The van der Waals surface area contributed by atoms with Crippen molar-refractivity contribution >= 4 is 0 Å². The Kier molecular flexibility index (Phi) is 5.25. The second-order valence-electron chi connectivity index (χ2n) is 7.01. The first kappa shape index (κ1) is 15.6. The molecule has 0 aromatic carbocycles. The first-order valence-electron chi connectivity index (χ1n) is 8.19. The summed E-state index contributed by atoms with van der Waals surface area (Å²) in [5, 5.41) is 8.29. The van der Waals surface area contributed by atoms with Crippen molar-refractivity contribution in [2.45, 2.75) is 72.4 Å². The quantitative estimate of drug-likeness (QED) is 0.888. The molecular weight excluding hydrogens is 246 g/mol. The fourth-order valence-electron chi connectivity index (χ4n) is 3.68. The molecule has 2 atom stereocenters. The largest absolute Gasteiger partial charge is 0.310 e. The minimum Gasteiger partial charge on any atom is -0.310 e. The van der Waals surface area contributed by atoms with Crippen LogP contribution in [-0.4, -0.2) is 15.8 Å². The van der Waals surface area contributed by atoms with Gasteiger partial charge >= 0.3 is 0 Å². The molecule has 1 fully saturated rings. The summed E-state index contributed by atoms with van der Waals surface area (Å²) in [7, 11) is 2.03. The molecule has 0 radical (unpaired) electrons. The maximum atomic E-state index is 4.51. The number of aromatic nitrogens is 2. The van der Waals surface area contributed by atoms with Gasteiger partial charge in [-0.1, -0.05) is 26.7 Å². The zero-order valence-electron chi connectivity index (χ0n) is 13.9. The molecule has 0 bridgehead atoms. The molecule has 2 unspecified atom stereocenters. The van der Waals surface area contributed by atoms with Gasteiger partial charge in [0.1, 0.15) is 0 Å². The van der Waals surface area contributed by atoms with Gasteiger partial charge in [-0.2, -0.15) is 5.10 Å². The van der Waals surface area contributed by atoms with Crippen LogP contribution in [0.1, 0.15) is 62.9 Å². The van der Waals surface area contributed by atoms with Crippen molar-refractivity contribution in [1.82, 2.24) is 15.1 Å². The van der Waals surface area contributed by atoms with Crippen LogP contribution >= 0.6 is 0 Å². The molecule has 1 aromatic heterocycles. The first-order valence-corrected chi connectivity index (χ1v) is 8.19. The third kappa shape index (κ3) is 3.85. The van der Waals surface area contributed by atoms with E-state index in [2.05, 4.69) is 38.1 Å². The Morgan fingerprint density at radius 3 is 2.65 bits per heavy atom. The molecule has 3 nitrogen and oxygen atoms in total. The molecule has 0 saturated heterocycles. The lowest BCUT2D eigenvalue weighted by Gasteiger charge is -2.31. The van der Waals surface area contributed by atoms with Crippen molar-refractivity contribution in [3.63, 3.8) is 0 Å². The smallest absolute Gasteiger partial charge is 0.0641 e. The van der Waals surface area contributed by atoms with Crippen LogP contribution in [0.5, 0.6) is 0 Å². The Bertz CT molecular complexity index is 434. The van der Waals surface area contributed by atoms with E-state index >= 15 is 0 Å². The summed E-state index contributed by atoms with van der Waals surface area (Å²) in [6.07, 6.45) is 6.91. The predicted molar refractivity (Wildman–Crippen MR) is 84.7 cm³/mol. The van der Waals surface area contributed by atoms with Crippen LogP contribution < -0.4 is 5.32 Å². The molecule has 0 aliphatic heterocycles. The molecule has 20 heavy (non-hydrogen) atoms. The molecular formula is C17H31N3. The van der Waals surface area contributed by atoms with Crippen LogP contribution in [-0.2, 0) is 13.6 Å². The highest BCUT2D eigenvalue weighted by molar-refractivity contribution is 5.24. The highest BCUT2D eigenvalue weighted by Crippen LogP contribution is 2.29. The number of rotatable bonds is 5. The van der Waals surface area contributed by atoms with E-state index in [1.807, 2.05) is 11.7 Å². The minimum atomic E-state index is 0.700. The highest BCUT2D eigenvalue weighted by Gasteiger charge is 2.22. The van der Waals surface area contributed by atoms with Gasteiger partial charge in [0, 0.05) is 30.9 Å². The summed E-state index contributed by atoms with van der Waals surface area (Å²) in [6.45, 7) is 9.95. The third-order valence-corrected chi connectivity index (χ3v) is 4.81. The summed E-state index contributed by atoms with van der Waals surface area (Å²) in [4.78, 5) is 0. The van der Waals surface area contributed by atoms with Crippen molar-refractivity contribution in [2.75, 3.05) is 0 Å². The van der Waals surface area contributed by atoms with Gasteiger partial charge in [-0.3, -0.25) is 4.68 Å². The predicted octanol–water partition coefficient (Wildman–Crippen LogP) is 3.73. The average molecular weight is 277 g/mol. The van der Waals surface area contributed by atoms with Crippen LogP contribution in [0.2, 0.25) is 0 Å². The van der Waals surface area contributed by atoms with Gasteiger partial charge in [0.15, 0.2) is 0 Å². The first-order chi connectivity index (χ1) is 9.47. The lowest BCUT2D eigenvalue weighted by molar-refractivity contribution is 0.252. The van der Waals surface area contributed by atoms with Gasteiger partial charge < -0.3 is 5.32 Å². The van der Waals surface area contributed by atoms with Gasteiger partial charge in [-0.25, -0.2) is 0 Å². The van der Waals surface area contributed by atoms with E-state index in [0.717, 1.165) is 18.4 Å². The highest BCUT2D eigenvalue weighted by atomic mass is 15.3. The third-order valence-electron chi connectivity index (χ3n) is 4.81. The minimum absolute atomic E-state index is 0.700.